The van der Waals surface area contributed by atoms with E-state index in [1.54, 1.807) is 0 Å². The molecule has 0 amide bonds. The molecule has 0 N–H and O–H groups in total. The maximum absolute atomic E-state index is 10.5. The van der Waals surface area contributed by atoms with Crippen LogP contribution in [0.15, 0.2) is 0 Å². The average molecular weight is 182 g/mol. The Morgan fingerprint density at radius 3 is 2.54 bits per heavy atom. The molecule has 0 aromatic heterocycles. The van der Waals surface area contributed by atoms with Gasteiger partial charge in [-0.1, -0.05) is 20.8 Å². The highest BCUT2D eigenvalue weighted by Gasteiger charge is 2.66. The van der Waals surface area contributed by atoms with Crippen LogP contribution in [0.5, 0.6) is 0 Å². The van der Waals surface area contributed by atoms with Gasteiger partial charge in [0.15, 0.2) is 0 Å². The minimum Gasteiger partial charge on any atom is -0.460 e. The van der Waals surface area contributed by atoms with Crippen LogP contribution in [0.3, 0.4) is 0 Å². The third-order valence-corrected chi connectivity index (χ3v) is 4.66. The van der Waals surface area contributed by atoms with Crippen molar-refractivity contribution >= 4 is 6.47 Å². The van der Waals surface area contributed by atoms with Crippen molar-refractivity contribution < 1.29 is 9.53 Å². The molecule has 3 rings (SSSR count). The Labute approximate surface area is 79.7 Å². The van der Waals surface area contributed by atoms with Crippen molar-refractivity contribution in [1.29, 1.82) is 0 Å². The van der Waals surface area contributed by atoms with Crippen LogP contribution in [0.25, 0.3) is 0 Å². The molecule has 0 radical (unpaired) electrons. The van der Waals surface area contributed by atoms with E-state index >= 15 is 0 Å². The first-order valence-corrected chi connectivity index (χ1v) is 5.16. The van der Waals surface area contributed by atoms with Crippen molar-refractivity contribution in [2.24, 2.45) is 17.3 Å². The predicted molar refractivity (Wildman–Crippen MR) is 50.2 cm³/mol. The topological polar surface area (TPSA) is 26.3 Å². The molecule has 3 atom stereocenters. The van der Waals surface area contributed by atoms with E-state index in [2.05, 4.69) is 20.8 Å². The van der Waals surface area contributed by atoms with Crippen LogP contribution in [-0.4, -0.2) is 12.1 Å². The minimum absolute atomic E-state index is 0.141. The molecular weight excluding hydrogens is 164 g/mol. The molecule has 3 fully saturated rings. The average Bonchev–Trinajstić information content (AvgIpc) is 2.08. The number of fused-ring (bicyclic) bond motifs is 2. The van der Waals surface area contributed by atoms with Gasteiger partial charge in [0.25, 0.3) is 6.47 Å². The van der Waals surface area contributed by atoms with Gasteiger partial charge < -0.3 is 4.74 Å². The lowest BCUT2D eigenvalue weighted by atomic mass is 9.43. The van der Waals surface area contributed by atoms with Crippen molar-refractivity contribution in [3.8, 4) is 0 Å². The normalized spacial score (nSPS) is 46.4. The van der Waals surface area contributed by atoms with Crippen LogP contribution < -0.4 is 0 Å². The zero-order valence-corrected chi connectivity index (χ0v) is 8.67. The van der Waals surface area contributed by atoms with Gasteiger partial charge in [0.2, 0.25) is 0 Å². The van der Waals surface area contributed by atoms with Crippen LogP contribution >= 0.6 is 0 Å². The summed E-state index contributed by atoms with van der Waals surface area (Å²) in [6.07, 6.45) is 3.60. The first-order chi connectivity index (χ1) is 6.04. The zero-order chi connectivity index (χ0) is 9.69. The molecule has 2 heteroatoms. The van der Waals surface area contributed by atoms with E-state index in [4.69, 9.17) is 4.74 Å². The number of ether oxygens (including phenoxy) is 1. The molecule has 0 aromatic carbocycles. The molecule has 0 saturated heterocycles. The highest BCUT2D eigenvalue weighted by Crippen LogP contribution is 2.65. The van der Waals surface area contributed by atoms with Gasteiger partial charge in [-0.25, -0.2) is 0 Å². The van der Waals surface area contributed by atoms with Crippen molar-refractivity contribution in [2.75, 3.05) is 0 Å². The molecule has 0 heterocycles. The molecule has 2 bridgehead atoms. The Bertz CT molecular complexity index is 234. The zero-order valence-electron chi connectivity index (χ0n) is 8.67. The van der Waals surface area contributed by atoms with Crippen molar-refractivity contribution in [1.82, 2.24) is 0 Å². The smallest absolute Gasteiger partial charge is 0.293 e. The number of hydrogen-bond donors (Lipinski definition) is 0. The molecule has 13 heavy (non-hydrogen) atoms. The monoisotopic (exact) mass is 182 g/mol. The summed E-state index contributed by atoms with van der Waals surface area (Å²) in [7, 11) is 0. The van der Waals surface area contributed by atoms with Gasteiger partial charge in [-0.3, -0.25) is 4.79 Å². The second kappa shape index (κ2) is 2.49. The number of carbonyl (C=O) groups excluding carboxylic acids is 1. The summed E-state index contributed by atoms with van der Waals surface area (Å²) >= 11 is 0. The predicted octanol–water partition coefficient (Wildman–Crippen LogP) is 2.37. The van der Waals surface area contributed by atoms with Gasteiger partial charge in [0.1, 0.15) is 5.60 Å². The van der Waals surface area contributed by atoms with E-state index in [9.17, 15) is 4.79 Å². The molecular formula is C11H18O2. The fourth-order valence-corrected chi connectivity index (χ4v) is 3.48. The van der Waals surface area contributed by atoms with Gasteiger partial charge in [-0.05, 0) is 31.1 Å². The summed E-state index contributed by atoms with van der Waals surface area (Å²) in [6, 6.07) is 0. The Hall–Kier alpha value is -0.530. The molecule has 0 aliphatic heterocycles. The fraction of sp³-hybridized carbons (Fsp3) is 0.909. The van der Waals surface area contributed by atoms with Crippen LogP contribution in [-0.2, 0) is 9.53 Å². The van der Waals surface area contributed by atoms with Crippen LogP contribution in [0.1, 0.15) is 40.0 Å². The van der Waals surface area contributed by atoms with Gasteiger partial charge in [-0.2, -0.15) is 0 Å². The highest BCUT2D eigenvalue weighted by molar-refractivity contribution is 5.40. The largest absolute Gasteiger partial charge is 0.460 e. The van der Waals surface area contributed by atoms with Gasteiger partial charge in [-0.15, -0.1) is 0 Å². The van der Waals surface area contributed by atoms with E-state index in [1.807, 2.05) is 0 Å². The van der Waals surface area contributed by atoms with Gasteiger partial charge >= 0.3 is 0 Å². The van der Waals surface area contributed by atoms with Gasteiger partial charge in [0, 0.05) is 5.41 Å². The molecule has 0 spiro atoms. The summed E-state index contributed by atoms with van der Waals surface area (Å²) < 4.78 is 5.38. The lowest BCUT2D eigenvalue weighted by molar-refractivity contribution is -0.259. The second-order valence-electron chi connectivity index (χ2n) is 5.20. The Kier molecular flexibility index (Phi) is 1.73. The van der Waals surface area contributed by atoms with E-state index < -0.39 is 0 Å². The Morgan fingerprint density at radius 1 is 1.38 bits per heavy atom. The number of rotatable bonds is 2. The van der Waals surface area contributed by atoms with E-state index in [-0.39, 0.29) is 11.0 Å². The lowest BCUT2D eigenvalue weighted by Crippen LogP contribution is -2.68. The van der Waals surface area contributed by atoms with Crippen LogP contribution in [0.2, 0.25) is 0 Å². The molecule has 3 aliphatic carbocycles. The SMILES string of the molecule is CC1CCC2CC1(OC=O)C2(C)C. The summed E-state index contributed by atoms with van der Waals surface area (Å²) in [5.74, 6) is 1.29. The molecule has 3 unspecified atom stereocenters. The number of hydrogen-bond acceptors (Lipinski definition) is 2. The second-order valence-corrected chi connectivity index (χ2v) is 5.20. The first-order valence-electron chi connectivity index (χ1n) is 5.16. The lowest BCUT2D eigenvalue weighted by Gasteiger charge is -2.66. The maximum atomic E-state index is 10.5. The summed E-state index contributed by atoms with van der Waals surface area (Å²) in [5, 5.41) is 0. The Balaban J connectivity index is 2.27. The first kappa shape index (κ1) is 9.04. The summed E-state index contributed by atoms with van der Waals surface area (Å²) in [6.45, 7) is 7.32. The van der Waals surface area contributed by atoms with Crippen molar-refractivity contribution in [3.63, 3.8) is 0 Å². The standard InChI is InChI=1S/C11H18O2/c1-8-4-5-9-6-11(8,13-7-12)10(9,2)3/h7-9H,4-6H2,1-3H3. The van der Waals surface area contributed by atoms with Crippen LogP contribution in [0.4, 0.5) is 0 Å². The third kappa shape index (κ3) is 0.866. The quantitative estimate of drug-likeness (QED) is 0.613. The van der Waals surface area contributed by atoms with Crippen molar-refractivity contribution in [2.45, 2.75) is 45.6 Å². The molecule has 0 aromatic rings. The summed E-state index contributed by atoms with van der Waals surface area (Å²) in [4.78, 5) is 10.5. The molecule has 3 saturated carbocycles. The maximum Gasteiger partial charge on any atom is 0.293 e. The van der Waals surface area contributed by atoms with E-state index in [0.29, 0.717) is 12.4 Å². The van der Waals surface area contributed by atoms with E-state index in [0.717, 1.165) is 12.3 Å². The molecule has 3 aliphatic rings. The van der Waals surface area contributed by atoms with E-state index in [1.165, 1.54) is 12.8 Å². The molecule has 74 valence electrons. The molecule has 2 nitrogen and oxygen atoms in total. The van der Waals surface area contributed by atoms with Crippen LogP contribution in [0, 0.1) is 17.3 Å². The van der Waals surface area contributed by atoms with Crippen molar-refractivity contribution in [3.05, 3.63) is 0 Å². The Morgan fingerprint density at radius 2 is 2.08 bits per heavy atom. The summed E-state index contributed by atoms with van der Waals surface area (Å²) in [5.41, 5.74) is 0.0588. The number of carbonyl (C=O) groups is 1. The third-order valence-electron chi connectivity index (χ3n) is 4.66. The van der Waals surface area contributed by atoms with Gasteiger partial charge in [0.05, 0.1) is 0 Å². The minimum atomic E-state index is -0.141. The fourth-order valence-electron chi connectivity index (χ4n) is 3.48. The highest BCUT2D eigenvalue weighted by atomic mass is 16.5.